The van der Waals surface area contributed by atoms with Gasteiger partial charge in [-0.05, 0) is 17.9 Å². The SMILES string of the molecule is CCCN=C(N)Nc1cccc2ccccc12. The van der Waals surface area contributed by atoms with E-state index in [4.69, 9.17) is 5.73 Å². The van der Waals surface area contributed by atoms with Crippen molar-refractivity contribution in [3.8, 4) is 0 Å². The van der Waals surface area contributed by atoms with Crippen molar-refractivity contribution in [3.63, 3.8) is 0 Å². The fourth-order valence-electron chi connectivity index (χ4n) is 1.74. The van der Waals surface area contributed by atoms with Crippen LogP contribution in [-0.4, -0.2) is 12.5 Å². The minimum absolute atomic E-state index is 0.475. The Morgan fingerprint density at radius 3 is 2.76 bits per heavy atom. The Labute approximate surface area is 101 Å². The molecule has 0 amide bonds. The predicted octanol–water partition coefficient (Wildman–Crippen LogP) is 2.98. The topological polar surface area (TPSA) is 50.4 Å². The summed E-state index contributed by atoms with van der Waals surface area (Å²) in [6.07, 6.45) is 0.998. The highest BCUT2D eigenvalue weighted by atomic mass is 15.1. The molecule has 3 N–H and O–H groups in total. The van der Waals surface area contributed by atoms with Gasteiger partial charge in [-0.15, -0.1) is 0 Å². The van der Waals surface area contributed by atoms with Gasteiger partial charge in [0.2, 0.25) is 0 Å². The lowest BCUT2D eigenvalue weighted by Gasteiger charge is -2.08. The molecule has 0 saturated heterocycles. The van der Waals surface area contributed by atoms with Crippen LogP contribution >= 0.6 is 0 Å². The number of nitrogens with two attached hydrogens (primary N) is 1. The van der Waals surface area contributed by atoms with E-state index >= 15 is 0 Å². The molecule has 0 bridgehead atoms. The third kappa shape index (κ3) is 2.75. The Balaban J connectivity index is 2.30. The van der Waals surface area contributed by atoms with Crippen LogP contribution in [-0.2, 0) is 0 Å². The minimum atomic E-state index is 0.475. The first-order chi connectivity index (χ1) is 8.31. The smallest absolute Gasteiger partial charge is 0.193 e. The quantitative estimate of drug-likeness (QED) is 0.625. The third-order valence-corrected chi connectivity index (χ3v) is 2.56. The van der Waals surface area contributed by atoms with E-state index in [0.29, 0.717) is 5.96 Å². The second kappa shape index (κ2) is 5.34. The lowest BCUT2D eigenvalue weighted by atomic mass is 10.1. The van der Waals surface area contributed by atoms with E-state index in [1.807, 2.05) is 24.3 Å². The van der Waals surface area contributed by atoms with Crippen molar-refractivity contribution in [2.75, 3.05) is 11.9 Å². The summed E-state index contributed by atoms with van der Waals surface area (Å²) in [5.74, 6) is 0.475. The summed E-state index contributed by atoms with van der Waals surface area (Å²) < 4.78 is 0. The van der Waals surface area contributed by atoms with E-state index in [9.17, 15) is 0 Å². The number of nitrogens with one attached hydrogen (secondary N) is 1. The number of anilines is 1. The molecule has 2 rings (SSSR count). The molecule has 0 aliphatic rings. The monoisotopic (exact) mass is 227 g/mol. The number of hydrogen-bond acceptors (Lipinski definition) is 1. The zero-order chi connectivity index (χ0) is 12.1. The summed E-state index contributed by atoms with van der Waals surface area (Å²) in [7, 11) is 0. The number of rotatable bonds is 3. The van der Waals surface area contributed by atoms with Gasteiger partial charge in [-0.1, -0.05) is 43.3 Å². The normalized spacial score (nSPS) is 11.7. The van der Waals surface area contributed by atoms with Gasteiger partial charge in [0.1, 0.15) is 0 Å². The van der Waals surface area contributed by atoms with E-state index in [1.165, 1.54) is 5.39 Å². The fourth-order valence-corrected chi connectivity index (χ4v) is 1.74. The fraction of sp³-hybridized carbons (Fsp3) is 0.214. The molecular weight excluding hydrogens is 210 g/mol. The molecule has 0 aromatic heterocycles. The molecule has 0 saturated carbocycles. The maximum absolute atomic E-state index is 5.82. The minimum Gasteiger partial charge on any atom is -0.370 e. The molecule has 0 aliphatic carbocycles. The van der Waals surface area contributed by atoms with E-state index in [1.54, 1.807) is 0 Å². The van der Waals surface area contributed by atoms with Gasteiger partial charge in [-0.3, -0.25) is 4.99 Å². The van der Waals surface area contributed by atoms with Crippen LogP contribution in [0.25, 0.3) is 10.8 Å². The number of nitrogens with zero attached hydrogens (tertiary/aromatic N) is 1. The average molecular weight is 227 g/mol. The second-order valence-corrected chi connectivity index (χ2v) is 3.92. The lowest BCUT2D eigenvalue weighted by Crippen LogP contribution is -2.22. The van der Waals surface area contributed by atoms with Gasteiger partial charge >= 0.3 is 0 Å². The number of benzene rings is 2. The van der Waals surface area contributed by atoms with Crippen LogP contribution in [0.5, 0.6) is 0 Å². The summed E-state index contributed by atoms with van der Waals surface area (Å²) in [6.45, 7) is 2.83. The molecule has 0 radical (unpaired) electrons. The summed E-state index contributed by atoms with van der Waals surface area (Å²) in [5, 5.41) is 5.50. The molecule has 3 nitrogen and oxygen atoms in total. The predicted molar refractivity (Wildman–Crippen MR) is 74.4 cm³/mol. The summed E-state index contributed by atoms with van der Waals surface area (Å²) in [4.78, 5) is 4.23. The first-order valence-electron chi connectivity index (χ1n) is 5.86. The maximum Gasteiger partial charge on any atom is 0.193 e. The highest BCUT2D eigenvalue weighted by molar-refractivity contribution is 6.02. The summed E-state index contributed by atoms with van der Waals surface area (Å²) in [5.41, 5.74) is 6.82. The molecule has 0 fully saturated rings. The van der Waals surface area contributed by atoms with Crippen LogP contribution in [0.1, 0.15) is 13.3 Å². The van der Waals surface area contributed by atoms with Crippen LogP contribution in [0, 0.1) is 0 Å². The molecular formula is C14H17N3. The van der Waals surface area contributed by atoms with Crippen molar-refractivity contribution < 1.29 is 0 Å². The van der Waals surface area contributed by atoms with Crippen molar-refractivity contribution in [3.05, 3.63) is 42.5 Å². The summed E-state index contributed by atoms with van der Waals surface area (Å²) >= 11 is 0. The third-order valence-electron chi connectivity index (χ3n) is 2.56. The van der Waals surface area contributed by atoms with Crippen LogP contribution in [0.4, 0.5) is 5.69 Å². The lowest BCUT2D eigenvalue weighted by molar-refractivity contribution is 0.929. The largest absolute Gasteiger partial charge is 0.370 e. The van der Waals surface area contributed by atoms with Gasteiger partial charge in [0.15, 0.2) is 5.96 Å². The van der Waals surface area contributed by atoms with Crippen molar-refractivity contribution in [2.45, 2.75) is 13.3 Å². The number of hydrogen-bond donors (Lipinski definition) is 2. The second-order valence-electron chi connectivity index (χ2n) is 3.92. The Morgan fingerprint density at radius 1 is 1.18 bits per heavy atom. The van der Waals surface area contributed by atoms with Crippen molar-refractivity contribution in [2.24, 2.45) is 10.7 Å². The van der Waals surface area contributed by atoms with E-state index in [0.717, 1.165) is 24.0 Å². The first kappa shape index (κ1) is 11.5. The maximum atomic E-state index is 5.82. The zero-order valence-corrected chi connectivity index (χ0v) is 9.98. The van der Waals surface area contributed by atoms with Gasteiger partial charge in [0.25, 0.3) is 0 Å². The highest BCUT2D eigenvalue weighted by Crippen LogP contribution is 2.22. The number of aliphatic imine (C=N–C) groups is 1. The van der Waals surface area contributed by atoms with Crippen molar-refractivity contribution in [1.29, 1.82) is 0 Å². The molecule has 0 unspecified atom stereocenters. The Hall–Kier alpha value is -2.03. The van der Waals surface area contributed by atoms with Crippen LogP contribution in [0.15, 0.2) is 47.5 Å². The molecule has 88 valence electrons. The highest BCUT2D eigenvalue weighted by Gasteiger charge is 2.00. The number of guanidine groups is 1. The van der Waals surface area contributed by atoms with E-state index in [2.05, 4.69) is 35.4 Å². The molecule has 2 aromatic rings. The molecule has 0 aliphatic heterocycles. The standard InChI is InChI=1S/C14H17N3/c1-2-10-16-14(15)17-13-9-5-7-11-6-3-4-8-12(11)13/h3-9H,2,10H2,1H3,(H3,15,16,17). The van der Waals surface area contributed by atoms with Gasteiger partial charge in [0, 0.05) is 17.6 Å². The Bertz CT molecular complexity index is 526. The zero-order valence-electron chi connectivity index (χ0n) is 9.98. The Kier molecular flexibility index (Phi) is 3.60. The molecule has 17 heavy (non-hydrogen) atoms. The van der Waals surface area contributed by atoms with E-state index in [-0.39, 0.29) is 0 Å². The molecule has 0 heterocycles. The van der Waals surface area contributed by atoms with Gasteiger partial charge < -0.3 is 11.1 Å². The van der Waals surface area contributed by atoms with Gasteiger partial charge in [-0.25, -0.2) is 0 Å². The molecule has 2 aromatic carbocycles. The van der Waals surface area contributed by atoms with Crippen molar-refractivity contribution >= 4 is 22.4 Å². The van der Waals surface area contributed by atoms with Crippen molar-refractivity contribution in [1.82, 2.24) is 0 Å². The van der Waals surface area contributed by atoms with Gasteiger partial charge in [0.05, 0.1) is 0 Å². The van der Waals surface area contributed by atoms with Crippen LogP contribution in [0.3, 0.4) is 0 Å². The first-order valence-corrected chi connectivity index (χ1v) is 5.86. The summed E-state index contributed by atoms with van der Waals surface area (Å²) in [6, 6.07) is 14.3. The Morgan fingerprint density at radius 2 is 1.94 bits per heavy atom. The van der Waals surface area contributed by atoms with E-state index < -0.39 is 0 Å². The molecule has 0 spiro atoms. The number of fused-ring (bicyclic) bond motifs is 1. The molecule has 3 heteroatoms. The molecule has 0 atom stereocenters. The average Bonchev–Trinajstić information content (AvgIpc) is 2.37. The van der Waals surface area contributed by atoms with Crippen LogP contribution < -0.4 is 11.1 Å². The van der Waals surface area contributed by atoms with Gasteiger partial charge in [-0.2, -0.15) is 0 Å². The van der Waals surface area contributed by atoms with Crippen LogP contribution in [0.2, 0.25) is 0 Å².